The highest BCUT2D eigenvalue weighted by atomic mass is 16.2. The minimum atomic E-state index is -1.11. The van der Waals surface area contributed by atoms with Gasteiger partial charge in [0.05, 0.1) is 17.5 Å². The lowest BCUT2D eigenvalue weighted by molar-refractivity contribution is -0.137. The van der Waals surface area contributed by atoms with E-state index in [-0.39, 0.29) is 12.0 Å². The molecule has 3 rings (SSSR count). The molecule has 9 nitrogen and oxygen atoms in total. The maximum absolute atomic E-state index is 12.9. The highest BCUT2D eigenvalue weighted by Crippen LogP contribution is 2.21. The molecular formula is C19H18N6O3. The molecule has 0 radical (unpaired) electrons. The Balaban J connectivity index is 1.89. The summed E-state index contributed by atoms with van der Waals surface area (Å²) in [6, 6.07) is 7.94. The van der Waals surface area contributed by atoms with Crippen LogP contribution >= 0.6 is 0 Å². The highest BCUT2D eigenvalue weighted by molar-refractivity contribution is 6.38. The molecule has 0 bridgehead atoms. The van der Waals surface area contributed by atoms with E-state index in [2.05, 4.69) is 20.4 Å². The number of benzene rings is 1. The standard InChI is InChI=1S/C19H18N6O3/c1-25-16(13-8-21-11-22-9-13)14(10-23-25)19(28)24-15(17(26)18(20)27)7-12-5-3-2-4-6-12/h2-6,8-11,15H,7H2,1H3,(H2,20,27)(H,24,28). The molecule has 142 valence electrons. The first-order valence-electron chi connectivity index (χ1n) is 8.43. The molecule has 1 atom stereocenters. The summed E-state index contributed by atoms with van der Waals surface area (Å²) in [6.45, 7) is 0. The van der Waals surface area contributed by atoms with Crippen molar-refractivity contribution in [1.82, 2.24) is 25.1 Å². The van der Waals surface area contributed by atoms with E-state index in [1.807, 2.05) is 6.07 Å². The number of nitrogens with zero attached hydrogens (tertiary/aromatic N) is 4. The van der Waals surface area contributed by atoms with Gasteiger partial charge < -0.3 is 11.1 Å². The molecule has 0 aliphatic heterocycles. The number of aromatic nitrogens is 4. The van der Waals surface area contributed by atoms with Crippen molar-refractivity contribution in [3.05, 3.63) is 66.4 Å². The minimum Gasteiger partial charge on any atom is -0.363 e. The van der Waals surface area contributed by atoms with Gasteiger partial charge in [-0.15, -0.1) is 0 Å². The van der Waals surface area contributed by atoms with E-state index in [1.54, 1.807) is 43.7 Å². The fraction of sp³-hybridized carbons (Fsp3) is 0.158. The first-order chi connectivity index (χ1) is 13.5. The molecule has 1 unspecified atom stereocenters. The predicted molar refractivity (Wildman–Crippen MR) is 99.8 cm³/mol. The quantitative estimate of drug-likeness (QED) is 0.567. The number of hydrogen-bond acceptors (Lipinski definition) is 6. The Morgan fingerprint density at radius 1 is 1.11 bits per heavy atom. The van der Waals surface area contributed by atoms with Crippen LogP contribution in [0, 0.1) is 0 Å². The monoisotopic (exact) mass is 378 g/mol. The van der Waals surface area contributed by atoms with E-state index in [1.165, 1.54) is 17.2 Å². The van der Waals surface area contributed by atoms with Crippen LogP contribution in [0.2, 0.25) is 0 Å². The summed E-state index contributed by atoms with van der Waals surface area (Å²) in [5.41, 5.74) is 7.25. The largest absolute Gasteiger partial charge is 0.363 e. The minimum absolute atomic E-state index is 0.137. The van der Waals surface area contributed by atoms with Crippen LogP contribution in [-0.2, 0) is 23.1 Å². The van der Waals surface area contributed by atoms with Crippen molar-refractivity contribution in [3.8, 4) is 11.3 Å². The van der Waals surface area contributed by atoms with Crippen LogP contribution in [-0.4, -0.2) is 43.4 Å². The normalized spacial score (nSPS) is 11.6. The topological polar surface area (TPSA) is 133 Å². The van der Waals surface area contributed by atoms with Crippen molar-refractivity contribution in [2.75, 3.05) is 0 Å². The second kappa shape index (κ2) is 8.21. The van der Waals surface area contributed by atoms with Gasteiger partial charge in [0, 0.05) is 31.4 Å². The van der Waals surface area contributed by atoms with E-state index >= 15 is 0 Å². The lowest BCUT2D eigenvalue weighted by Crippen LogP contribution is -2.47. The van der Waals surface area contributed by atoms with Crippen molar-refractivity contribution in [3.63, 3.8) is 0 Å². The Morgan fingerprint density at radius 2 is 1.79 bits per heavy atom. The molecule has 0 saturated carbocycles. The molecule has 2 aromatic heterocycles. The Morgan fingerprint density at radius 3 is 2.43 bits per heavy atom. The van der Waals surface area contributed by atoms with Crippen molar-refractivity contribution in [2.24, 2.45) is 12.8 Å². The first kappa shape index (κ1) is 18.9. The lowest BCUT2D eigenvalue weighted by Gasteiger charge is -2.16. The number of Topliss-reactive ketones (excluding diaryl/α,β-unsaturated/α-hetero) is 1. The number of carbonyl (C=O) groups excluding carboxylic acids is 3. The second-order valence-electron chi connectivity index (χ2n) is 6.10. The third-order valence-corrected chi connectivity index (χ3v) is 4.16. The van der Waals surface area contributed by atoms with Crippen LogP contribution in [0.5, 0.6) is 0 Å². The van der Waals surface area contributed by atoms with Crippen LogP contribution in [0.25, 0.3) is 11.3 Å². The molecule has 0 spiro atoms. The molecule has 1 aromatic carbocycles. The Bertz CT molecular complexity index is 1000. The van der Waals surface area contributed by atoms with Gasteiger partial charge in [0.15, 0.2) is 0 Å². The number of carbonyl (C=O) groups is 3. The summed E-state index contributed by atoms with van der Waals surface area (Å²) in [5, 5.41) is 6.71. The van der Waals surface area contributed by atoms with Crippen molar-refractivity contribution in [2.45, 2.75) is 12.5 Å². The van der Waals surface area contributed by atoms with Gasteiger partial charge in [-0.1, -0.05) is 30.3 Å². The summed E-state index contributed by atoms with van der Waals surface area (Å²) < 4.78 is 1.51. The molecule has 9 heteroatoms. The fourth-order valence-electron chi connectivity index (χ4n) is 2.83. The van der Waals surface area contributed by atoms with Crippen LogP contribution in [0.15, 0.2) is 55.2 Å². The van der Waals surface area contributed by atoms with Gasteiger partial charge in [0.2, 0.25) is 5.78 Å². The van der Waals surface area contributed by atoms with E-state index in [0.717, 1.165) is 5.56 Å². The summed E-state index contributed by atoms with van der Waals surface area (Å²) >= 11 is 0. The first-order valence-corrected chi connectivity index (χ1v) is 8.43. The average molecular weight is 378 g/mol. The Hall–Kier alpha value is -3.88. The van der Waals surface area contributed by atoms with Crippen LogP contribution in [0.4, 0.5) is 0 Å². The van der Waals surface area contributed by atoms with E-state index < -0.39 is 23.6 Å². The number of amides is 2. The zero-order valence-corrected chi connectivity index (χ0v) is 15.1. The smallest absolute Gasteiger partial charge is 0.287 e. The SMILES string of the molecule is Cn1ncc(C(=O)NC(Cc2ccccc2)C(=O)C(N)=O)c1-c1cncnc1. The molecule has 28 heavy (non-hydrogen) atoms. The van der Waals surface area contributed by atoms with Gasteiger partial charge in [-0.25, -0.2) is 9.97 Å². The molecule has 2 amide bonds. The van der Waals surface area contributed by atoms with Gasteiger partial charge in [-0.05, 0) is 5.56 Å². The zero-order valence-electron chi connectivity index (χ0n) is 15.1. The molecule has 3 N–H and O–H groups in total. The number of primary amides is 1. The molecule has 2 heterocycles. The molecule has 0 fully saturated rings. The maximum Gasteiger partial charge on any atom is 0.287 e. The Kier molecular flexibility index (Phi) is 5.54. The van der Waals surface area contributed by atoms with E-state index in [4.69, 9.17) is 5.73 Å². The number of hydrogen-bond donors (Lipinski definition) is 2. The van der Waals surface area contributed by atoms with Crippen molar-refractivity contribution < 1.29 is 14.4 Å². The molecule has 0 aliphatic rings. The summed E-state index contributed by atoms with van der Waals surface area (Å²) in [6.07, 6.45) is 6.00. The van der Waals surface area contributed by atoms with E-state index in [0.29, 0.717) is 11.3 Å². The highest BCUT2D eigenvalue weighted by Gasteiger charge is 2.27. The fourth-order valence-corrected chi connectivity index (χ4v) is 2.83. The third-order valence-electron chi connectivity index (χ3n) is 4.16. The molecule has 0 saturated heterocycles. The molecule has 0 aliphatic carbocycles. The summed E-state index contributed by atoms with van der Waals surface area (Å²) in [7, 11) is 1.68. The lowest BCUT2D eigenvalue weighted by atomic mass is 10.0. The number of aryl methyl sites for hydroxylation is 1. The predicted octanol–water partition coefficient (Wildman–Crippen LogP) is 0.273. The van der Waals surface area contributed by atoms with Gasteiger partial charge in [-0.3, -0.25) is 19.1 Å². The van der Waals surface area contributed by atoms with Gasteiger partial charge in [-0.2, -0.15) is 5.10 Å². The number of nitrogens with one attached hydrogen (secondary N) is 1. The van der Waals surface area contributed by atoms with Crippen molar-refractivity contribution >= 4 is 17.6 Å². The summed E-state index contributed by atoms with van der Waals surface area (Å²) in [5.74, 6) is -2.53. The van der Waals surface area contributed by atoms with Crippen LogP contribution in [0.1, 0.15) is 15.9 Å². The van der Waals surface area contributed by atoms with Gasteiger partial charge >= 0.3 is 0 Å². The summed E-state index contributed by atoms with van der Waals surface area (Å²) in [4.78, 5) is 44.4. The molecule has 3 aromatic rings. The van der Waals surface area contributed by atoms with Gasteiger partial charge in [0.1, 0.15) is 12.4 Å². The maximum atomic E-state index is 12.9. The number of nitrogens with two attached hydrogens (primary N) is 1. The number of rotatable bonds is 7. The third kappa shape index (κ3) is 4.09. The van der Waals surface area contributed by atoms with Gasteiger partial charge in [0.25, 0.3) is 11.8 Å². The molecular weight excluding hydrogens is 360 g/mol. The van der Waals surface area contributed by atoms with E-state index in [9.17, 15) is 14.4 Å². The second-order valence-corrected chi connectivity index (χ2v) is 6.10. The van der Waals surface area contributed by atoms with Crippen LogP contribution < -0.4 is 11.1 Å². The zero-order chi connectivity index (χ0) is 20.1. The van der Waals surface area contributed by atoms with Crippen molar-refractivity contribution in [1.29, 1.82) is 0 Å². The number of ketones is 1. The average Bonchev–Trinajstić information content (AvgIpc) is 3.09. The Labute approximate surface area is 160 Å². The van der Waals surface area contributed by atoms with Crippen LogP contribution in [0.3, 0.4) is 0 Å².